The Morgan fingerprint density at radius 2 is 2.08 bits per heavy atom. The van der Waals surface area contributed by atoms with E-state index in [-0.39, 0.29) is 0 Å². The SMILES string of the molecule is COc1cc(NC2CCN(Cc3ncoc3C(C)C)CC2)ncn1. The van der Waals surface area contributed by atoms with Crippen molar-refractivity contribution >= 4 is 5.82 Å². The van der Waals surface area contributed by atoms with Gasteiger partial charge in [0.1, 0.15) is 17.9 Å². The maximum Gasteiger partial charge on any atom is 0.218 e. The van der Waals surface area contributed by atoms with E-state index in [1.807, 2.05) is 6.07 Å². The summed E-state index contributed by atoms with van der Waals surface area (Å²) < 4.78 is 10.6. The van der Waals surface area contributed by atoms with E-state index in [1.54, 1.807) is 13.5 Å². The second kappa shape index (κ2) is 7.61. The topological polar surface area (TPSA) is 76.3 Å². The summed E-state index contributed by atoms with van der Waals surface area (Å²) in [5, 5.41) is 3.47. The molecule has 0 radical (unpaired) electrons. The van der Waals surface area contributed by atoms with Crippen LogP contribution in [-0.4, -0.2) is 46.1 Å². The van der Waals surface area contributed by atoms with E-state index in [0.717, 1.165) is 49.7 Å². The number of nitrogens with zero attached hydrogens (tertiary/aromatic N) is 4. The zero-order valence-corrected chi connectivity index (χ0v) is 14.5. The van der Waals surface area contributed by atoms with Crippen molar-refractivity contribution in [2.24, 2.45) is 0 Å². The lowest BCUT2D eigenvalue weighted by Gasteiger charge is -2.32. The van der Waals surface area contributed by atoms with Gasteiger partial charge in [0.2, 0.25) is 5.88 Å². The number of aromatic nitrogens is 3. The lowest BCUT2D eigenvalue weighted by Crippen LogP contribution is -2.39. The fourth-order valence-corrected chi connectivity index (χ4v) is 3.05. The minimum atomic E-state index is 0.370. The Bertz CT molecular complexity index is 650. The van der Waals surface area contributed by atoms with Crippen LogP contribution in [0.4, 0.5) is 5.82 Å². The van der Waals surface area contributed by atoms with Crippen LogP contribution in [0.1, 0.15) is 44.1 Å². The van der Waals surface area contributed by atoms with Gasteiger partial charge >= 0.3 is 0 Å². The molecule has 1 aliphatic heterocycles. The van der Waals surface area contributed by atoms with E-state index in [1.165, 1.54) is 6.33 Å². The molecule has 1 aliphatic rings. The molecule has 130 valence electrons. The van der Waals surface area contributed by atoms with Crippen molar-refractivity contribution in [3.05, 3.63) is 30.2 Å². The lowest BCUT2D eigenvalue weighted by atomic mass is 10.0. The van der Waals surface area contributed by atoms with Crippen LogP contribution in [0.15, 0.2) is 23.2 Å². The zero-order chi connectivity index (χ0) is 16.9. The van der Waals surface area contributed by atoms with E-state index in [9.17, 15) is 0 Å². The van der Waals surface area contributed by atoms with Crippen molar-refractivity contribution < 1.29 is 9.15 Å². The first kappa shape index (κ1) is 16.7. The highest BCUT2D eigenvalue weighted by Crippen LogP contribution is 2.22. The monoisotopic (exact) mass is 331 g/mol. The molecule has 3 rings (SSSR count). The van der Waals surface area contributed by atoms with Gasteiger partial charge in [0.25, 0.3) is 0 Å². The van der Waals surface area contributed by atoms with Crippen LogP contribution in [0.2, 0.25) is 0 Å². The predicted octanol–water partition coefficient (Wildman–Crippen LogP) is 2.67. The average molecular weight is 331 g/mol. The zero-order valence-electron chi connectivity index (χ0n) is 14.5. The molecule has 24 heavy (non-hydrogen) atoms. The van der Waals surface area contributed by atoms with Crippen LogP contribution >= 0.6 is 0 Å². The van der Waals surface area contributed by atoms with Crippen LogP contribution in [0.3, 0.4) is 0 Å². The molecule has 1 saturated heterocycles. The maximum atomic E-state index is 5.51. The van der Waals surface area contributed by atoms with Crippen molar-refractivity contribution in [3.63, 3.8) is 0 Å². The normalized spacial score (nSPS) is 16.5. The fraction of sp³-hybridized carbons (Fsp3) is 0.588. The second-order valence-electron chi connectivity index (χ2n) is 6.46. The molecule has 2 aromatic rings. The Morgan fingerprint density at radius 3 is 2.79 bits per heavy atom. The van der Waals surface area contributed by atoms with Crippen molar-refractivity contribution in [2.75, 3.05) is 25.5 Å². The summed E-state index contributed by atoms with van der Waals surface area (Å²) in [5.74, 6) is 2.77. The summed E-state index contributed by atoms with van der Waals surface area (Å²) >= 11 is 0. The van der Waals surface area contributed by atoms with Crippen LogP contribution in [0.5, 0.6) is 5.88 Å². The molecule has 3 heterocycles. The molecule has 0 aliphatic carbocycles. The molecule has 0 aromatic carbocycles. The average Bonchev–Trinajstić information content (AvgIpc) is 3.05. The minimum absolute atomic E-state index is 0.370. The third-order valence-corrected chi connectivity index (χ3v) is 4.36. The summed E-state index contributed by atoms with van der Waals surface area (Å²) in [6.07, 6.45) is 5.22. The molecule has 7 heteroatoms. The molecule has 0 spiro atoms. The molecule has 0 unspecified atom stereocenters. The quantitative estimate of drug-likeness (QED) is 0.872. The third kappa shape index (κ3) is 4.03. The second-order valence-corrected chi connectivity index (χ2v) is 6.46. The van der Waals surface area contributed by atoms with E-state index < -0.39 is 0 Å². The number of ether oxygens (including phenoxy) is 1. The van der Waals surface area contributed by atoms with Crippen molar-refractivity contribution in [2.45, 2.75) is 45.2 Å². The largest absolute Gasteiger partial charge is 0.481 e. The van der Waals surface area contributed by atoms with Crippen molar-refractivity contribution in [1.29, 1.82) is 0 Å². The van der Waals surface area contributed by atoms with Gasteiger partial charge in [0, 0.05) is 37.7 Å². The molecule has 0 bridgehead atoms. The summed E-state index contributed by atoms with van der Waals surface area (Å²) in [6.45, 7) is 7.19. The number of anilines is 1. The van der Waals surface area contributed by atoms with E-state index in [2.05, 4.69) is 39.0 Å². The van der Waals surface area contributed by atoms with Gasteiger partial charge in [-0.25, -0.2) is 15.0 Å². The van der Waals surface area contributed by atoms with Crippen LogP contribution in [0, 0.1) is 0 Å². The van der Waals surface area contributed by atoms with E-state index in [4.69, 9.17) is 9.15 Å². The standard InChI is InChI=1S/C17H25N5O2/c1-12(2)17-14(20-11-24-17)9-22-6-4-13(5-7-22)21-15-8-16(23-3)19-10-18-15/h8,10-13H,4-7,9H2,1-3H3,(H,18,19,21). The Morgan fingerprint density at radius 1 is 1.29 bits per heavy atom. The Hall–Kier alpha value is -2.15. The number of hydrogen-bond donors (Lipinski definition) is 1. The molecule has 0 amide bonds. The first-order valence-corrected chi connectivity index (χ1v) is 8.43. The Labute approximate surface area is 142 Å². The highest BCUT2D eigenvalue weighted by molar-refractivity contribution is 5.38. The van der Waals surface area contributed by atoms with Crippen molar-refractivity contribution in [3.8, 4) is 5.88 Å². The van der Waals surface area contributed by atoms with Gasteiger partial charge in [-0.15, -0.1) is 0 Å². The van der Waals surface area contributed by atoms with Gasteiger partial charge in [0.15, 0.2) is 6.39 Å². The summed E-state index contributed by atoms with van der Waals surface area (Å²) in [7, 11) is 1.61. The summed E-state index contributed by atoms with van der Waals surface area (Å²) in [4.78, 5) is 15.1. The van der Waals surface area contributed by atoms with Crippen LogP contribution in [0.25, 0.3) is 0 Å². The molecule has 1 N–H and O–H groups in total. The number of nitrogens with one attached hydrogen (secondary N) is 1. The number of rotatable bonds is 6. The first-order chi connectivity index (χ1) is 11.7. The van der Waals surface area contributed by atoms with E-state index >= 15 is 0 Å². The van der Waals surface area contributed by atoms with Gasteiger partial charge in [-0.05, 0) is 12.8 Å². The highest BCUT2D eigenvalue weighted by Gasteiger charge is 2.22. The fourth-order valence-electron chi connectivity index (χ4n) is 3.05. The number of hydrogen-bond acceptors (Lipinski definition) is 7. The maximum absolute atomic E-state index is 5.51. The van der Waals surface area contributed by atoms with E-state index in [0.29, 0.717) is 17.8 Å². The van der Waals surface area contributed by atoms with Gasteiger partial charge < -0.3 is 14.5 Å². The minimum Gasteiger partial charge on any atom is -0.481 e. The summed E-state index contributed by atoms with van der Waals surface area (Å²) in [5.41, 5.74) is 1.07. The number of likely N-dealkylation sites (tertiary alicyclic amines) is 1. The Balaban J connectivity index is 1.51. The van der Waals surface area contributed by atoms with Crippen molar-refractivity contribution in [1.82, 2.24) is 19.9 Å². The third-order valence-electron chi connectivity index (χ3n) is 4.36. The number of oxazole rings is 1. The first-order valence-electron chi connectivity index (χ1n) is 8.43. The highest BCUT2D eigenvalue weighted by atomic mass is 16.5. The lowest BCUT2D eigenvalue weighted by molar-refractivity contribution is 0.207. The van der Waals surface area contributed by atoms with Gasteiger partial charge in [-0.1, -0.05) is 13.8 Å². The molecular formula is C17H25N5O2. The Kier molecular flexibility index (Phi) is 5.30. The molecule has 1 fully saturated rings. The molecule has 0 atom stereocenters. The molecular weight excluding hydrogens is 306 g/mol. The number of methoxy groups -OCH3 is 1. The predicted molar refractivity (Wildman–Crippen MR) is 91.1 cm³/mol. The van der Waals surface area contributed by atoms with Gasteiger partial charge in [-0.2, -0.15) is 0 Å². The smallest absolute Gasteiger partial charge is 0.218 e. The molecule has 7 nitrogen and oxygen atoms in total. The van der Waals surface area contributed by atoms with Crippen LogP contribution in [-0.2, 0) is 6.54 Å². The summed E-state index contributed by atoms with van der Waals surface area (Å²) in [6, 6.07) is 2.25. The van der Waals surface area contributed by atoms with Gasteiger partial charge in [-0.3, -0.25) is 4.90 Å². The molecule has 2 aromatic heterocycles. The van der Waals surface area contributed by atoms with Gasteiger partial charge in [0.05, 0.1) is 12.8 Å². The number of piperidine rings is 1. The molecule has 0 saturated carbocycles. The van der Waals surface area contributed by atoms with Crippen LogP contribution < -0.4 is 10.1 Å².